The summed E-state index contributed by atoms with van der Waals surface area (Å²) in [6.45, 7) is 1.50. The average Bonchev–Trinajstić information content (AvgIpc) is 2.59. The Morgan fingerprint density at radius 3 is 2.87 bits per heavy atom. The van der Waals surface area contributed by atoms with Crippen LogP contribution in [0.25, 0.3) is 0 Å². The maximum Gasteiger partial charge on any atom is 0.272 e. The van der Waals surface area contributed by atoms with E-state index in [0.717, 1.165) is 50.8 Å². The highest BCUT2D eigenvalue weighted by molar-refractivity contribution is 5.92. The van der Waals surface area contributed by atoms with E-state index in [1.165, 1.54) is 12.0 Å². The van der Waals surface area contributed by atoms with Gasteiger partial charge in [0.1, 0.15) is 5.69 Å². The fourth-order valence-electron chi connectivity index (χ4n) is 3.69. The number of carbonyl (C=O) groups is 2. The zero-order valence-electron chi connectivity index (χ0n) is 13.6. The van der Waals surface area contributed by atoms with Crippen molar-refractivity contribution in [2.75, 3.05) is 13.1 Å². The standard InChI is InChI=1S/C18H25N3O2/c19-17(22)10-7-13-4-3-11-21(12-13)18(23)16-9-8-14-5-1-2-6-15(14)20-16/h8-9,13H,1-7,10-12H2,(H2,19,22). The minimum atomic E-state index is -0.259. The van der Waals surface area contributed by atoms with Gasteiger partial charge in [-0.05, 0) is 62.5 Å². The van der Waals surface area contributed by atoms with Crippen molar-refractivity contribution in [1.29, 1.82) is 0 Å². The predicted octanol–water partition coefficient (Wildman–Crippen LogP) is 2.08. The molecule has 23 heavy (non-hydrogen) atoms. The van der Waals surface area contributed by atoms with Crippen LogP contribution in [0.1, 0.15) is 60.3 Å². The van der Waals surface area contributed by atoms with E-state index in [-0.39, 0.29) is 11.8 Å². The molecular weight excluding hydrogens is 290 g/mol. The first-order valence-electron chi connectivity index (χ1n) is 8.70. The second kappa shape index (κ2) is 7.11. The highest BCUT2D eigenvalue weighted by atomic mass is 16.2. The number of hydrogen-bond acceptors (Lipinski definition) is 3. The van der Waals surface area contributed by atoms with Crippen molar-refractivity contribution < 1.29 is 9.59 Å². The van der Waals surface area contributed by atoms with Crippen LogP contribution in [0.15, 0.2) is 12.1 Å². The summed E-state index contributed by atoms with van der Waals surface area (Å²) in [4.78, 5) is 30.2. The molecule has 1 saturated heterocycles. The Kier molecular flexibility index (Phi) is 4.94. The molecule has 1 aromatic rings. The van der Waals surface area contributed by atoms with Crippen molar-refractivity contribution in [3.05, 3.63) is 29.1 Å². The molecule has 0 radical (unpaired) electrons. The van der Waals surface area contributed by atoms with Gasteiger partial charge in [0, 0.05) is 25.2 Å². The smallest absolute Gasteiger partial charge is 0.272 e. The molecule has 1 aliphatic heterocycles. The van der Waals surface area contributed by atoms with Gasteiger partial charge in [-0.25, -0.2) is 4.98 Å². The molecule has 1 aliphatic carbocycles. The minimum absolute atomic E-state index is 0.0298. The molecule has 3 rings (SSSR count). The van der Waals surface area contributed by atoms with Crippen LogP contribution >= 0.6 is 0 Å². The molecule has 1 atom stereocenters. The number of carbonyl (C=O) groups excluding carboxylic acids is 2. The molecule has 0 saturated carbocycles. The lowest BCUT2D eigenvalue weighted by Crippen LogP contribution is -2.40. The van der Waals surface area contributed by atoms with Crippen molar-refractivity contribution in [3.8, 4) is 0 Å². The quantitative estimate of drug-likeness (QED) is 0.924. The molecule has 5 nitrogen and oxygen atoms in total. The van der Waals surface area contributed by atoms with Crippen LogP contribution in [0, 0.1) is 5.92 Å². The zero-order chi connectivity index (χ0) is 16.2. The molecule has 2 N–H and O–H groups in total. The Bertz CT molecular complexity index is 600. The molecule has 1 fully saturated rings. The predicted molar refractivity (Wildman–Crippen MR) is 87.9 cm³/mol. The third-order valence-corrected chi connectivity index (χ3v) is 5.00. The van der Waals surface area contributed by atoms with E-state index >= 15 is 0 Å². The van der Waals surface area contributed by atoms with E-state index in [1.54, 1.807) is 0 Å². The number of aromatic nitrogens is 1. The first-order valence-corrected chi connectivity index (χ1v) is 8.70. The van der Waals surface area contributed by atoms with Crippen LogP contribution in [0.2, 0.25) is 0 Å². The number of likely N-dealkylation sites (tertiary alicyclic amines) is 1. The highest BCUT2D eigenvalue weighted by Gasteiger charge is 2.26. The Hall–Kier alpha value is -1.91. The molecule has 124 valence electrons. The third-order valence-electron chi connectivity index (χ3n) is 5.00. The average molecular weight is 315 g/mol. The van der Waals surface area contributed by atoms with Gasteiger partial charge in [-0.15, -0.1) is 0 Å². The van der Waals surface area contributed by atoms with Crippen LogP contribution in [-0.4, -0.2) is 34.8 Å². The lowest BCUT2D eigenvalue weighted by Gasteiger charge is -2.32. The second-order valence-electron chi connectivity index (χ2n) is 6.77. The van der Waals surface area contributed by atoms with Crippen LogP contribution < -0.4 is 5.73 Å². The number of rotatable bonds is 4. The summed E-state index contributed by atoms with van der Waals surface area (Å²) >= 11 is 0. The Labute approximate surface area is 137 Å². The Morgan fingerprint density at radius 2 is 2.04 bits per heavy atom. The van der Waals surface area contributed by atoms with E-state index in [0.29, 0.717) is 24.6 Å². The summed E-state index contributed by atoms with van der Waals surface area (Å²) in [5.74, 6) is 0.143. The van der Waals surface area contributed by atoms with Gasteiger partial charge in [-0.1, -0.05) is 6.07 Å². The van der Waals surface area contributed by atoms with Gasteiger partial charge in [0.25, 0.3) is 5.91 Å². The minimum Gasteiger partial charge on any atom is -0.370 e. The Morgan fingerprint density at radius 1 is 1.22 bits per heavy atom. The van der Waals surface area contributed by atoms with Crippen molar-refractivity contribution in [1.82, 2.24) is 9.88 Å². The molecule has 1 aromatic heterocycles. The van der Waals surface area contributed by atoms with Crippen molar-refractivity contribution in [2.45, 2.75) is 51.4 Å². The van der Waals surface area contributed by atoms with E-state index in [2.05, 4.69) is 11.1 Å². The maximum atomic E-state index is 12.7. The first kappa shape index (κ1) is 16.0. The molecule has 1 unspecified atom stereocenters. The number of primary amides is 1. The molecule has 0 spiro atoms. The number of piperidine rings is 1. The summed E-state index contributed by atoms with van der Waals surface area (Å²) in [5.41, 5.74) is 8.20. The molecule has 0 aromatic carbocycles. The number of nitrogens with zero attached hydrogens (tertiary/aromatic N) is 2. The molecule has 2 aliphatic rings. The lowest BCUT2D eigenvalue weighted by molar-refractivity contribution is -0.118. The largest absolute Gasteiger partial charge is 0.370 e. The van der Waals surface area contributed by atoms with Gasteiger partial charge in [0.15, 0.2) is 0 Å². The third kappa shape index (κ3) is 3.89. The fraction of sp³-hybridized carbons (Fsp3) is 0.611. The molecule has 5 heteroatoms. The molecular formula is C18H25N3O2. The van der Waals surface area contributed by atoms with Gasteiger partial charge < -0.3 is 10.6 Å². The van der Waals surface area contributed by atoms with Gasteiger partial charge in [-0.3, -0.25) is 9.59 Å². The summed E-state index contributed by atoms with van der Waals surface area (Å²) in [6.07, 6.45) is 7.68. The van der Waals surface area contributed by atoms with E-state index in [9.17, 15) is 9.59 Å². The number of aryl methyl sites for hydroxylation is 2. The summed E-state index contributed by atoms with van der Waals surface area (Å²) in [7, 11) is 0. The van der Waals surface area contributed by atoms with Gasteiger partial charge in [0.2, 0.25) is 5.91 Å². The molecule has 2 amide bonds. The van der Waals surface area contributed by atoms with Crippen molar-refractivity contribution >= 4 is 11.8 Å². The number of amides is 2. The number of pyridine rings is 1. The number of fused-ring (bicyclic) bond motifs is 1. The Balaban J connectivity index is 1.66. The highest BCUT2D eigenvalue weighted by Crippen LogP contribution is 2.24. The van der Waals surface area contributed by atoms with Gasteiger partial charge in [0.05, 0.1) is 0 Å². The summed E-state index contributed by atoms with van der Waals surface area (Å²) in [6, 6.07) is 3.95. The van der Waals surface area contributed by atoms with E-state index in [4.69, 9.17) is 5.73 Å². The molecule has 0 bridgehead atoms. The van der Waals surface area contributed by atoms with Gasteiger partial charge in [-0.2, -0.15) is 0 Å². The lowest BCUT2D eigenvalue weighted by atomic mass is 9.93. The van der Waals surface area contributed by atoms with Crippen LogP contribution in [0.4, 0.5) is 0 Å². The SMILES string of the molecule is NC(=O)CCC1CCCN(C(=O)c2ccc3c(n2)CCCC3)C1. The first-order chi connectivity index (χ1) is 11.1. The molecule has 2 heterocycles. The normalized spacial score (nSPS) is 20.9. The topological polar surface area (TPSA) is 76.3 Å². The number of hydrogen-bond donors (Lipinski definition) is 1. The second-order valence-corrected chi connectivity index (χ2v) is 6.77. The van der Waals surface area contributed by atoms with Crippen molar-refractivity contribution in [3.63, 3.8) is 0 Å². The van der Waals surface area contributed by atoms with E-state index < -0.39 is 0 Å². The van der Waals surface area contributed by atoms with Gasteiger partial charge >= 0.3 is 0 Å². The van der Waals surface area contributed by atoms with Crippen LogP contribution in [0.5, 0.6) is 0 Å². The maximum absolute atomic E-state index is 12.7. The zero-order valence-corrected chi connectivity index (χ0v) is 13.6. The number of nitrogens with two attached hydrogens (primary N) is 1. The van der Waals surface area contributed by atoms with Crippen molar-refractivity contribution in [2.24, 2.45) is 11.7 Å². The fourth-order valence-corrected chi connectivity index (χ4v) is 3.69. The summed E-state index contributed by atoms with van der Waals surface area (Å²) < 4.78 is 0. The summed E-state index contributed by atoms with van der Waals surface area (Å²) in [5, 5.41) is 0. The monoisotopic (exact) mass is 315 g/mol. The van der Waals surface area contributed by atoms with Crippen LogP contribution in [0.3, 0.4) is 0 Å². The van der Waals surface area contributed by atoms with E-state index in [1.807, 2.05) is 11.0 Å². The van der Waals surface area contributed by atoms with Crippen LogP contribution in [-0.2, 0) is 17.6 Å².